The van der Waals surface area contributed by atoms with E-state index in [1.54, 1.807) is 0 Å². The highest BCUT2D eigenvalue weighted by atomic mass is 79.9. The molecule has 6 heteroatoms. The van der Waals surface area contributed by atoms with Crippen molar-refractivity contribution in [2.45, 2.75) is 6.61 Å². The summed E-state index contributed by atoms with van der Waals surface area (Å²) >= 11 is 3.39. The molecule has 0 bridgehead atoms. The second-order valence-electron chi connectivity index (χ2n) is 4.19. The van der Waals surface area contributed by atoms with E-state index in [1.807, 2.05) is 48.5 Å². The molecule has 21 heavy (non-hydrogen) atoms. The van der Waals surface area contributed by atoms with E-state index in [0.29, 0.717) is 12.4 Å². The normalized spacial score (nSPS) is 10.5. The summed E-state index contributed by atoms with van der Waals surface area (Å²) in [6.45, 7) is 0.446. The fourth-order valence-corrected chi connectivity index (χ4v) is 1.89. The molecule has 2 aromatic rings. The standard InChI is InChI=1S/C15H14BrN3O2/c16-13-7-5-11(6-8-13)10-21-14-4-2-1-3-12(14)9-18-19-15(17)20/h1-9H,10H2,(H3,17,19,20). The molecule has 108 valence electrons. The van der Waals surface area contributed by atoms with E-state index in [9.17, 15) is 4.79 Å². The van der Waals surface area contributed by atoms with Crippen molar-refractivity contribution in [3.05, 3.63) is 64.1 Å². The SMILES string of the molecule is NC(=O)NN=Cc1ccccc1OCc1ccc(Br)cc1. The molecule has 0 fully saturated rings. The minimum Gasteiger partial charge on any atom is -0.488 e. The molecule has 5 nitrogen and oxygen atoms in total. The van der Waals surface area contributed by atoms with Gasteiger partial charge in [-0.05, 0) is 29.8 Å². The Morgan fingerprint density at radius 1 is 1.24 bits per heavy atom. The number of nitrogens with zero attached hydrogens (tertiary/aromatic N) is 1. The van der Waals surface area contributed by atoms with Gasteiger partial charge in [0.25, 0.3) is 0 Å². The van der Waals surface area contributed by atoms with E-state index in [-0.39, 0.29) is 0 Å². The lowest BCUT2D eigenvalue weighted by Crippen LogP contribution is -2.24. The molecule has 0 radical (unpaired) electrons. The fraction of sp³-hybridized carbons (Fsp3) is 0.0667. The van der Waals surface area contributed by atoms with Crippen LogP contribution in [-0.4, -0.2) is 12.2 Å². The first-order valence-corrected chi connectivity index (χ1v) is 6.99. The molecule has 2 aromatic carbocycles. The zero-order valence-electron chi connectivity index (χ0n) is 11.1. The number of amides is 2. The lowest BCUT2D eigenvalue weighted by atomic mass is 10.2. The number of urea groups is 1. The zero-order chi connectivity index (χ0) is 15.1. The molecule has 0 aliphatic heterocycles. The van der Waals surface area contributed by atoms with Gasteiger partial charge in [0.2, 0.25) is 0 Å². The number of hydrogen-bond donors (Lipinski definition) is 2. The number of ether oxygens (including phenoxy) is 1. The Hall–Kier alpha value is -2.34. The third kappa shape index (κ3) is 4.92. The van der Waals surface area contributed by atoms with Crippen molar-refractivity contribution in [2.24, 2.45) is 10.8 Å². The van der Waals surface area contributed by atoms with Crippen LogP contribution < -0.4 is 15.9 Å². The molecule has 0 saturated carbocycles. The highest BCUT2D eigenvalue weighted by molar-refractivity contribution is 9.10. The van der Waals surface area contributed by atoms with Gasteiger partial charge < -0.3 is 10.5 Å². The van der Waals surface area contributed by atoms with Crippen molar-refractivity contribution in [1.82, 2.24) is 5.43 Å². The third-order valence-corrected chi connectivity index (χ3v) is 3.13. The van der Waals surface area contributed by atoms with Crippen LogP contribution in [0.4, 0.5) is 4.79 Å². The average Bonchev–Trinajstić information content (AvgIpc) is 2.47. The topological polar surface area (TPSA) is 76.7 Å². The number of para-hydroxylation sites is 1. The molecular formula is C15H14BrN3O2. The lowest BCUT2D eigenvalue weighted by Gasteiger charge is -2.09. The van der Waals surface area contributed by atoms with Crippen LogP contribution in [0.3, 0.4) is 0 Å². The van der Waals surface area contributed by atoms with Crippen molar-refractivity contribution in [3.63, 3.8) is 0 Å². The number of primary amides is 1. The predicted molar refractivity (Wildman–Crippen MR) is 85.2 cm³/mol. The van der Waals surface area contributed by atoms with Crippen molar-refractivity contribution in [1.29, 1.82) is 0 Å². The van der Waals surface area contributed by atoms with Gasteiger partial charge in [-0.1, -0.05) is 40.2 Å². The summed E-state index contributed by atoms with van der Waals surface area (Å²) in [7, 11) is 0. The number of halogens is 1. The fourth-order valence-electron chi connectivity index (χ4n) is 1.63. The van der Waals surface area contributed by atoms with Gasteiger partial charge in [0.05, 0.1) is 6.21 Å². The Morgan fingerprint density at radius 3 is 2.67 bits per heavy atom. The Balaban J connectivity index is 2.04. The summed E-state index contributed by atoms with van der Waals surface area (Å²) in [5.74, 6) is 0.676. The van der Waals surface area contributed by atoms with Gasteiger partial charge in [0.15, 0.2) is 0 Å². The molecule has 2 rings (SSSR count). The van der Waals surface area contributed by atoms with E-state index in [4.69, 9.17) is 10.5 Å². The molecule has 3 N–H and O–H groups in total. The van der Waals surface area contributed by atoms with Crippen LogP contribution in [0.2, 0.25) is 0 Å². The molecule has 0 heterocycles. The molecule has 0 aliphatic carbocycles. The molecule has 0 spiro atoms. The summed E-state index contributed by atoms with van der Waals surface area (Å²) in [6.07, 6.45) is 1.49. The quantitative estimate of drug-likeness (QED) is 0.644. The maximum atomic E-state index is 10.6. The van der Waals surface area contributed by atoms with Crippen LogP contribution in [0.5, 0.6) is 5.75 Å². The van der Waals surface area contributed by atoms with Crippen LogP contribution in [-0.2, 0) is 6.61 Å². The van der Waals surface area contributed by atoms with Crippen molar-refractivity contribution in [3.8, 4) is 5.75 Å². The maximum Gasteiger partial charge on any atom is 0.332 e. The number of hydrogen-bond acceptors (Lipinski definition) is 3. The Labute approximate surface area is 130 Å². The predicted octanol–water partition coefficient (Wildman–Crippen LogP) is 3.03. The van der Waals surface area contributed by atoms with Gasteiger partial charge in [0.1, 0.15) is 12.4 Å². The second kappa shape index (κ2) is 7.44. The van der Waals surface area contributed by atoms with Gasteiger partial charge >= 0.3 is 6.03 Å². The van der Waals surface area contributed by atoms with Gasteiger partial charge in [0, 0.05) is 10.0 Å². The number of nitrogens with one attached hydrogen (secondary N) is 1. The zero-order valence-corrected chi connectivity index (χ0v) is 12.7. The number of rotatable bonds is 5. The first kappa shape index (κ1) is 15.1. The summed E-state index contributed by atoms with van der Waals surface area (Å²) in [5.41, 5.74) is 8.90. The molecular weight excluding hydrogens is 334 g/mol. The summed E-state index contributed by atoms with van der Waals surface area (Å²) in [6, 6.07) is 14.6. The Bertz CT molecular complexity index is 642. The van der Waals surface area contributed by atoms with Crippen LogP contribution >= 0.6 is 15.9 Å². The monoisotopic (exact) mass is 347 g/mol. The number of carbonyl (C=O) groups is 1. The van der Waals surface area contributed by atoms with Crippen molar-refractivity contribution >= 4 is 28.2 Å². The van der Waals surface area contributed by atoms with E-state index in [0.717, 1.165) is 15.6 Å². The van der Waals surface area contributed by atoms with E-state index >= 15 is 0 Å². The van der Waals surface area contributed by atoms with E-state index < -0.39 is 6.03 Å². The number of hydrazone groups is 1. The molecule has 0 atom stereocenters. The molecule has 2 amide bonds. The van der Waals surface area contributed by atoms with Crippen LogP contribution in [0.1, 0.15) is 11.1 Å². The highest BCUT2D eigenvalue weighted by Gasteiger charge is 2.01. The smallest absolute Gasteiger partial charge is 0.332 e. The highest BCUT2D eigenvalue weighted by Crippen LogP contribution is 2.18. The van der Waals surface area contributed by atoms with Crippen molar-refractivity contribution < 1.29 is 9.53 Å². The lowest BCUT2D eigenvalue weighted by molar-refractivity contribution is 0.249. The van der Waals surface area contributed by atoms with Gasteiger partial charge in [-0.25, -0.2) is 10.2 Å². The van der Waals surface area contributed by atoms with Gasteiger partial charge in [-0.15, -0.1) is 0 Å². The van der Waals surface area contributed by atoms with E-state index in [2.05, 4.69) is 26.5 Å². The first-order chi connectivity index (χ1) is 10.1. The molecule has 0 saturated heterocycles. The summed E-state index contributed by atoms with van der Waals surface area (Å²) < 4.78 is 6.79. The molecule has 0 aromatic heterocycles. The number of carbonyl (C=O) groups excluding carboxylic acids is 1. The Kier molecular flexibility index (Phi) is 5.34. The largest absolute Gasteiger partial charge is 0.488 e. The minimum atomic E-state index is -0.709. The first-order valence-electron chi connectivity index (χ1n) is 6.20. The van der Waals surface area contributed by atoms with Crippen LogP contribution in [0, 0.1) is 0 Å². The van der Waals surface area contributed by atoms with E-state index in [1.165, 1.54) is 6.21 Å². The molecule has 0 aliphatic rings. The van der Waals surface area contributed by atoms with Gasteiger partial charge in [-0.3, -0.25) is 0 Å². The number of nitrogens with two attached hydrogens (primary N) is 1. The third-order valence-electron chi connectivity index (χ3n) is 2.60. The summed E-state index contributed by atoms with van der Waals surface area (Å²) in [4.78, 5) is 10.6. The van der Waals surface area contributed by atoms with Gasteiger partial charge in [-0.2, -0.15) is 5.10 Å². The minimum absolute atomic E-state index is 0.446. The maximum absolute atomic E-state index is 10.6. The number of benzene rings is 2. The van der Waals surface area contributed by atoms with Crippen LogP contribution in [0.15, 0.2) is 58.1 Å². The Morgan fingerprint density at radius 2 is 1.95 bits per heavy atom. The average molecular weight is 348 g/mol. The second-order valence-corrected chi connectivity index (χ2v) is 5.10. The summed E-state index contributed by atoms with van der Waals surface area (Å²) in [5, 5.41) is 3.73. The molecule has 0 unspecified atom stereocenters. The van der Waals surface area contributed by atoms with Crippen molar-refractivity contribution in [2.75, 3.05) is 0 Å². The van der Waals surface area contributed by atoms with Crippen LogP contribution in [0.25, 0.3) is 0 Å².